The molecule has 0 aliphatic carbocycles. The monoisotopic (exact) mass is 491 g/mol. The maximum atomic E-state index is 13.7. The van der Waals surface area contributed by atoms with E-state index in [2.05, 4.69) is 5.32 Å². The zero-order valence-electron chi connectivity index (χ0n) is 20.4. The SMILES string of the molecule is CC(C)CNC(=O)[C@H](Cc1ccccc1)N(Cc1ccc(F)cc1)C(=O)Cc1ccccc1[N+](=O)[O-]. The molecule has 0 aromatic heterocycles. The summed E-state index contributed by atoms with van der Waals surface area (Å²) in [5.74, 6) is -0.952. The minimum Gasteiger partial charge on any atom is -0.354 e. The molecule has 0 fully saturated rings. The van der Waals surface area contributed by atoms with Crippen LogP contribution in [0.5, 0.6) is 0 Å². The molecular weight excluding hydrogens is 461 g/mol. The Balaban J connectivity index is 1.99. The highest BCUT2D eigenvalue weighted by Crippen LogP contribution is 2.22. The Kier molecular flexibility index (Phi) is 9.27. The number of nitrogens with zero attached hydrogens (tertiary/aromatic N) is 2. The average Bonchev–Trinajstić information content (AvgIpc) is 2.86. The maximum Gasteiger partial charge on any atom is 0.273 e. The lowest BCUT2D eigenvalue weighted by Gasteiger charge is -2.32. The van der Waals surface area contributed by atoms with Gasteiger partial charge in [-0.2, -0.15) is 0 Å². The lowest BCUT2D eigenvalue weighted by Crippen LogP contribution is -2.51. The van der Waals surface area contributed by atoms with Crippen molar-refractivity contribution in [2.75, 3.05) is 6.54 Å². The first kappa shape index (κ1) is 26.5. The Morgan fingerprint density at radius 2 is 1.58 bits per heavy atom. The Morgan fingerprint density at radius 3 is 2.22 bits per heavy atom. The summed E-state index contributed by atoms with van der Waals surface area (Å²) in [5, 5.41) is 14.4. The number of nitro benzene ring substituents is 1. The second-order valence-electron chi connectivity index (χ2n) is 9.06. The Morgan fingerprint density at radius 1 is 0.944 bits per heavy atom. The second-order valence-corrected chi connectivity index (χ2v) is 9.06. The van der Waals surface area contributed by atoms with E-state index in [0.29, 0.717) is 12.1 Å². The molecule has 188 valence electrons. The molecular formula is C28H30FN3O4. The number of hydrogen-bond donors (Lipinski definition) is 1. The first-order chi connectivity index (χ1) is 17.2. The van der Waals surface area contributed by atoms with E-state index >= 15 is 0 Å². The molecule has 0 saturated heterocycles. The Hall–Kier alpha value is -4.07. The fourth-order valence-electron chi connectivity index (χ4n) is 3.87. The van der Waals surface area contributed by atoms with Crippen molar-refractivity contribution in [3.63, 3.8) is 0 Å². The van der Waals surface area contributed by atoms with Crippen LogP contribution in [0.15, 0.2) is 78.9 Å². The van der Waals surface area contributed by atoms with Gasteiger partial charge in [0.15, 0.2) is 0 Å². The molecule has 1 atom stereocenters. The highest BCUT2D eigenvalue weighted by molar-refractivity contribution is 5.89. The standard InChI is InChI=1S/C28H30FN3O4/c1-20(2)18-30-28(34)26(16-21-8-4-3-5-9-21)31(19-22-12-14-24(29)15-13-22)27(33)17-23-10-6-7-11-25(23)32(35)36/h3-15,20,26H,16-19H2,1-2H3,(H,30,34)/t26-/m0/s1. The molecule has 7 nitrogen and oxygen atoms in total. The van der Waals surface area contributed by atoms with Crippen LogP contribution in [-0.2, 0) is 29.0 Å². The summed E-state index contributed by atoms with van der Waals surface area (Å²) in [6, 6.07) is 20.3. The van der Waals surface area contributed by atoms with Gasteiger partial charge in [0.2, 0.25) is 11.8 Å². The summed E-state index contributed by atoms with van der Waals surface area (Å²) in [6.07, 6.45) is 0.00961. The van der Waals surface area contributed by atoms with Gasteiger partial charge in [-0.1, -0.05) is 74.5 Å². The molecule has 0 heterocycles. The van der Waals surface area contributed by atoms with Crippen molar-refractivity contribution >= 4 is 17.5 Å². The molecule has 3 rings (SSSR count). The molecule has 0 unspecified atom stereocenters. The van der Waals surface area contributed by atoms with Gasteiger partial charge in [0.1, 0.15) is 11.9 Å². The second kappa shape index (κ2) is 12.6. The third kappa shape index (κ3) is 7.46. The number of carbonyl (C=O) groups excluding carboxylic acids is 2. The number of nitro groups is 1. The normalized spacial score (nSPS) is 11.7. The van der Waals surface area contributed by atoms with Crippen molar-refractivity contribution in [2.45, 2.75) is 39.3 Å². The predicted molar refractivity (Wildman–Crippen MR) is 136 cm³/mol. The first-order valence-corrected chi connectivity index (χ1v) is 11.8. The molecule has 0 aliphatic rings. The number of benzene rings is 3. The number of hydrogen-bond acceptors (Lipinski definition) is 4. The molecule has 0 aliphatic heterocycles. The number of amides is 2. The number of rotatable bonds is 11. The number of nitrogens with one attached hydrogen (secondary N) is 1. The van der Waals surface area contributed by atoms with Crippen LogP contribution in [0.1, 0.15) is 30.5 Å². The van der Waals surface area contributed by atoms with E-state index in [9.17, 15) is 24.1 Å². The van der Waals surface area contributed by atoms with Gasteiger partial charge in [-0.05, 0) is 29.2 Å². The Labute approximate surface area is 210 Å². The van der Waals surface area contributed by atoms with E-state index in [1.807, 2.05) is 44.2 Å². The van der Waals surface area contributed by atoms with Gasteiger partial charge < -0.3 is 10.2 Å². The van der Waals surface area contributed by atoms with Crippen LogP contribution in [0.2, 0.25) is 0 Å². The maximum absolute atomic E-state index is 13.7. The minimum atomic E-state index is -0.869. The van der Waals surface area contributed by atoms with Gasteiger partial charge in [0.25, 0.3) is 5.69 Å². The molecule has 1 N–H and O–H groups in total. The van der Waals surface area contributed by atoms with E-state index in [1.165, 1.54) is 29.2 Å². The fourth-order valence-corrected chi connectivity index (χ4v) is 3.87. The van der Waals surface area contributed by atoms with Crippen molar-refractivity contribution in [2.24, 2.45) is 5.92 Å². The smallest absolute Gasteiger partial charge is 0.273 e. The largest absolute Gasteiger partial charge is 0.354 e. The lowest BCUT2D eigenvalue weighted by atomic mass is 10.0. The predicted octanol–water partition coefficient (Wildman–Crippen LogP) is 4.69. The Bertz CT molecular complexity index is 1180. The van der Waals surface area contributed by atoms with Crippen molar-refractivity contribution in [1.29, 1.82) is 0 Å². The molecule has 0 radical (unpaired) electrons. The topological polar surface area (TPSA) is 92.6 Å². The minimum absolute atomic E-state index is 0.0480. The summed E-state index contributed by atoms with van der Waals surface area (Å²) in [6.45, 7) is 4.43. The number of halogens is 1. The van der Waals surface area contributed by atoms with E-state index in [4.69, 9.17) is 0 Å². The van der Waals surface area contributed by atoms with E-state index in [-0.39, 0.29) is 42.5 Å². The van der Waals surface area contributed by atoms with Crippen LogP contribution in [0, 0.1) is 21.8 Å². The highest BCUT2D eigenvalue weighted by atomic mass is 19.1. The van der Waals surface area contributed by atoms with Crippen LogP contribution in [0.4, 0.5) is 10.1 Å². The zero-order valence-corrected chi connectivity index (χ0v) is 20.4. The van der Waals surface area contributed by atoms with Crippen LogP contribution >= 0.6 is 0 Å². The molecule has 0 spiro atoms. The molecule has 3 aromatic carbocycles. The van der Waals surface area contributed by atoms with Gasteiger partial charge >= 0.3 is 0 Å². The van der Waals surface area contributed by atoms with Gasteiger partial charge in [-0.15, -0.1) is 0 Å². The lowest BCUT2D eigenvalue weighted by molar-refractivity contribution is -0.385. The van der Waals surface area contributed by atoms with Crippen molar-refractivity contribution < 1.29 is 18.9 Å². The van der Waals surface area contributed by atoms with Gasteiger partial charge in [0, 0.05) is 31.1 Å². The summed E-state index contributed by atoms with van der Waals surface area (Å²) in [4.78, 5) is 39.5. The van der Waals surface area contributed by atoms with Gasteiger partial charge in [-0.3, -0.25) is 19.7 Å². The van der Waals surface area contributed by atoms with E-state index in [1.54, 1.807) is 24.3 Å². The highest BCUT2D eigenvalue weighted by Gasteiger charge is 2.31. The quantitative estimate of drug-likeness (QED) is 0.311. The summed E-state index contributed by atoms with van der Waals surface area (Å²) in [7, 11) is 0. The van der Waals surface area contributed by atoms with Crippen LogP contribution in [-0.4, -0.2) is 34.2 Å². The zero-order chi connectivity index (χ0) is 26.1. The average molecular weight is 492 g/mol. The molecule has 8 heteroatoms. The van der Waals surface area contributed by atoms with Gasteiger partial charge in [0.05, 0.1) is 11.3 Å². The van der Waals surface area contributed by atoms with E-state index < -0.39 is 22.7 Å². The summed E-state index contributed by atoms with van der Waals surface area (Å²) < 4.78 is 13.5. The third-order valence-corrected chi connectivity index (χ3v) is 5.75. The van der Waals surface area contributed by atoms with Crippen molar-refractivity contribution in [3.05, 3.63) is 111 Å². The van der Waals surface area contributed by atoms with Crippen LogP contribution < -0.4 is 5.32 Å². The summed E-state index contributed by atoms with van der Waals surface area (Å²) >= 11 is 0. The number of para-hydroxylation sites is 1. The van der Waals surface area contributed by atoms with Crippen LogP contribution in [0.25, 0.3) is 0 Å². The molecule has 0 saturated carbocycles. The molecule has 2 amide bonds. The third-order valence-electron chi connectivity index (χ3n) is 5.75. The summed E-state index contributed by atoms with van der Waals surface area (Å²) in [5.41, 5.74) is 1.61. The van der Waals surface area contributed by atoms with Crippen LogP contribution in [0.3, 0.4) is 0 Å². The van der Waals surface area contributed by atoms with Crippen molar-refractivity contribution in [1.82, 2.24) is 10.2 Å². The molecule has 0 bridgehead atoms. The van der Waals surface area contributed by atoms with Crippen molar-refractivity contribution in [3.8, 4) is 0 Å². The molecule has 36 heavy (non-hydrogen) atoms. The molecule has 3 aromatic rings. The number of carbonyl (C=O) groups is 2. The first-order valence-electron chi connectivity index (χ1n) is 11.8. The fraction of sp³-hybridized carbons (Fsp3) is 0.286. The van der Waals surface area contributed by atoms with E-state index in [0.717, 1.165) is 5.56 Å². The van der Waals surface area contributed by atoms with Gasteiger partial charge in [-0.25, -0.2) is 4.39 Å².